The van der Waals surface area contributed by atoms with Crippen LogP contribution in [0.15, 0.2) is 30.5 Å². The summed E-state index contributed by atoms with van der Waals surface area (Å²) >= 11 is 5.86. The van der Waals surface area contributed by atoms with E-state index < -0.39 is 17.8 Å². The molecular formula is C12H12ClFN4O. The minimum Gasteiger partial charge on any atom is -0.367 e. The average Bonchev–Trinajstić information content (AvgIpc) is 2.69. The van der Waals surface area contributed by atoms with E-state index in [4.69, 9.17) is 17.3 Å². The van der Waals surface area contributed by atoms with Gasteiger partial charge in [0.2, 0.25) is 5.91 Å². The van der Waals surface area contributed by atoms with Crippen molar-refractivity contribution in [2.75, 3.05) is 5.32 Å². The van der Waals surface area contributed by atoms with Crippen LogP contribution in [0.3, 0.4) is 0 Å². The maximum Gasteiger partial charge on any atom is 0.247 e. The van der Waals surface area contributed by atoms with Crippen molar-refractivity contribution in [3.8, 4) is 0 Å². The molecule has 1 amide bonds. The highest BCUT2D eigenvalue weighted by atomic mass is 35.5. The first-order valence-electron chi connectivity index (χ1n) is 5.48. The van der Waals surface area contributed by atoms with E-state index >= 15 is 0 Å². The number of halogens is 2. The van der Waals surface area contributed by atoms with Gasteiger partial charge in [-0.1, -0.05) is 23.7 Å². The molecule has 0 saturated carbocycles. The Morgan fingerprint density at radius 2 is 2.21 bits per heavy atom. The molecule has 0 saturated heterocycles. The molecule has 0 spiro atoms. The minimum atomic E-state index is -0.964. The highest BCUT2D eigenvalue weighted by Crippen LogP contribution is 2.22. The Balaban J connectivity index is 2.35. The molecule has 0 aliphatic rings. The van der Waals surface area contributed by atoms with Crippen LogP contribution in [0.25, 0.3) is 0 Å². The van der Waals surface area contributed by atoms with Gasteiger partial charge in [-0.05, 0) is 12.1 Å². The number of benzene rings is 1. The molecule has 100 valence electrons. The van der Waals surface area contributed by atoms with Crippen molar-refractivity contribution in [2.45, 2.75) is 6.04 Å². The zero-order valence-electron chi connectivity index (χ0n) is 10.1. The molecule has 19 heavy (non-hydrogen) atoms. The molecule has 0 fully saturated rings. The van der Waals surface area contributed by atoms with Gasteiger partial charge in [0.05, 0.1) is 11.9 Å². The van der Waals surface area contributed by atoms with E-state index in [0.29, 0.717) is 11.0 Å². The van der Waals surface area contributed by atoms with E-state index in [1.54, 1.807) is 19.2 Å². The van der Waals surface area contributed by atoms with Crippen molar-refractivity contribution < 1.29 is 9.18 Å². The van der Waals surface area contributed by atoms with Crippen molar-refractivity contribution >= 4 is 23.2 Å². The number of nitrogens with two attached hydrogens (primary N) is 1. The summed E-state index contributed by atoms with van der Waals surface area (Å²) in [4.78, 5) is 15.5. The summed E-state index contributed by atoms with van der Waals surface area (Å²) < 4.78 is 15.1. The van der Waals surface area contributed by atoms with E-state index in [2.05, 4.69) is 10.3 Å². The number of imidazole rings is 1. The number of carbonyl (C=O) groups excluding carboxylic acids is 1. The minimum absolute atomic E-state index is 0.172. The number of hydrogen-bond donors (Lipinski definition) is 2. The molecule has 3 N–H and O–H groups in total. The summed E-state index contributed by atoms with van der Waals surface area (Å²) in [6, 6.07) is 5.03. The van der Waals surface area contributed by atoms with Gasteiger partial charge in [0.25, 0.3) is 0 Å². The van der Waals surface area contributed by atoms with Crippen molar-refractivity contribution in [3.63, 3.8) is 0 Å². The van der Waals surface area contributed by atoms with E-state index in [-0.39, 0.29) is 5.69 Å². The van der Waals surface area contributed by atoms with Crippen LogP contribution in [0.1, 0.15) is 11.9 Å². The predicted octanol–water partition coefficient (Wildman–Crippen LogP) is 1.85. The average molecular weight is 283 g/mol. The molecule has 0 aliphatic carbocycles. The third kappa shape index (κ3) is 2.68. The molecule has 5 nitrogen and oxygen atoms in total. The lowest BCUT2D eigenvalue weighted by atomic mass is 10.2. The lowest BCUT2D eigenvalue weighted by Gasteiger charge is -2.17. The molecule has 0 bridgehead atoms. The van der Waals surface area contributed by atoms with Gasteiger partial charge >= 0.3 is 0 Å². The third-order valence-electron chi connectivity index (χ3n) is 2.68. The number of primary amides is 1. The number of anilines is 1. The van der Waals surface area contributed by atoms with Crippen LogP contribution in [0.2, 0.25) is 5.15 Å². The van der Waals surface area contributed by atoms with Crippen LogP contribution in [0.4, 0.5) is 10.1 Å². The number of amides is 1. The lowest BCUT2D eigenvalue weighted by molar-refractivity contribution is -0.119. The summed E-state index contributed by atoms with van der Waals surface area (Å²) in [6.07, 6.45) is 1.40. The second kappa shape index (κ2) is 5.27. The fourth-order valence-electron chi connectivity index (χ4n) is 1.67. The smallest absolute Gasteiger partial charge is 0.247 e. The number of para-hydroxylation sites is 1. The first kappa shape index (κ1) is 13.4. The molecule has 7 heteroatoms. The number of carbonyl (C=O) groups is 1. The Kier molecular flexibility index (Phi) is 3.71. The Hall–Kier alpha value is -2.08. The highest BCUT2D eigenvalue weighted by molar-refractivity contribution is 6.29. The fraction of sp³-hybridized carbons (Fsp3) is 0.167. The molecule has 2 aromatic rings. The van der Waals surface area contributed by atoms with Gasteiger partial charge < -0.3 is 15.6 Å². The topological polar surface area (TPSA) is 72.9 Å². The molecule has 0 aliphatic heterocycles. The maximum absolute atomic E-state index is 13.6. The van der Waals surface area contributed by atoms with Gasteiger partial charge in [0.15, 0.2) is 6.04 Å². The first-order valence-corrected chi connectivity index (χ1v) is 5.86. The van der Waals surface area contributed by atoms with Crippen LogP contribution < -0.4 is 11.1 Å². The van der Waals surface area contributed by atoms with Gasteiger partial charge in [-0.25, -0.2) is 9.37 Å². The summed E-state index contributed by atoms with van der Waals surface area (Å²) in [5.74, 6) is -0.830. The monoisotopic (exact) mass is 282 g/mol. The van der Waals surface area contributed by atoms with E-state index in [0.717, 1.165) is 0 Å². The lowest BCUT2D eigenvalue weighted by Crippen LogP contribution is -2.30. The molecular weight excluding hydrogens is 271 g/mol. The highest BCUT2D eigenvalue weighted by Gasteiger charge is 2.24. The normalized spacial score (nSPS) is 12.2. The van der Waals surface area contributed by atoms with E-state index in [9.17, 15) is 9.18 Å². The number of nitrogens with one attached hydrogen (secondary N) is 1. The molecule has 0 radical (unpaired) electrons. The Morgan fingerprint density at radius 3 is 2.74 bits per heavy atom. The quantitative estimate of drug-likeness (QED) is 0.899. The van der Waals surface area contributed by atoms with Crippen molar-refractivity contribution in [2.24, 2.45) is 12.8 Å². The summed E-state index contributed by atoms with van der Waals surface area (Å²) in [6.45, 7) is 0. The SMILES string of the molecule is Cn1c(Cl)cnc1C(Nc1ccccc1F)C(N)=O. The van der Waals surface area contributed by atoms with Crippen molar-refractivity contribution in [1.82, 2.24) is 9.55 Å². The van der Waals surface area contributed by atoms with Crippen LogP contribution in [-0.4, -0.2) is 15.5 Å². The maximum atomic E-state index is 13.6. The van der Waals surface area contributed by atoms with Gasteiger partial charge in [-0.15, -0.1) is 0 Å². The Morgan fingerprint density at radius 1 is 1.53 bits per heavy atom. The van der Waals surface area contributed by atoms with Gasteiger partial charge in [-0.3, -0.25) is 4.79 Å². The van der Waals surface area contributed by atoms with Crippen LogP contribution in [-0.2, 0) is 11.8 Å². The zero-order valence-corrected chi connectivity index (χ0v) is 10.9. The molecule has 2 rings (SSSR count). The number of aromatic nitrogens is 2. The summed E-state index contributed by atoms with van der Waals surface area (Å²) in [5, 5.41) is 3.08. The Bertz CT molecular complexity index is 614. The largest absolute Gasteiger partial charge is 0.367 e. The fourth-order valence-corrected chi connectivity index (χ4v) is 1.80. The predicted molar refractivity (Wildman–Crippen MR) is 70.2 cm³/mol. The first-order chi connectivity index (χ1) is 9.00. The molecule has 1 unspecified atom stereocenters. The van der Waals surface area contributed by atoms with Crippen LogP contribution >= 0.6 is 11.6 Å². The van der Waals surface area contributed by atoms with E-state index in [1.165, 1.54) is 22.9 Å². The standard InChI is InChI=1S/C12H12ClFN4O/c1-18-9(13)6-16-12(18)10(11(15)19)17-8-5-3-2-4-7(8)14/h2-6,10,17H,1H3,(H2,15,19). The van der Waals surface area contributed by atoms with Crippen LogP contribution in [0, 0.1) is 5.82 Å². The van der Waals surface area contributed by atoms with Crippen LogP contribution in [0.5, 0.6) is 0 Å². The molecule has 1 atom stereocenters. The third-order valence-corrected chi connectivity index (χ3v) is 3.03. The second-order valence-corrected chi connectivity index (χ2v) is 4.34. The summed E-state index contributed by atoms with van der Waals surface area (Å²) in [7, 11) is 1.64. The molecule has 1 aromatic carbocycles. The van der Waals surface area contributed by atoms with Crippen molar-refractivity contribution in [3.05, 3.63) is 47.3 Å². The second-order valence-electron chi connectivity index (χ2n) is 3.96. The summed E-state index contributed by atoms with van der Waals surface area (Å²) in [5.41, 5.74) is 5.50. The van der Waals surface area contributed by atoms with Gasteiger partial charge in [-0.2, -0.15) is 0 Å². The number of rotatable bonds is 4. The van der Waals surface area contributed by atoms with E-state index in [1.807, 2.05) is 0 Å². The number of nitrogens with zero attached hydrogens (tertiary/aromatic N) is 2. The van der Waals surface area contributed by atoms with Gasteiger partial charge in [0, 0.05) is 7.05 Å². The molecule has 1 aromatic heterocycles. The van der Waals surface area contributed by atoms with Gasteiger partial charge in [0.1, 0.15) is 16.8 Å². The zero-order chi connectivity index (χ0) is 14.0. The van der Waals surface area contributed by atoms with Crippen molar-refractivity contribution in [1.29, 1.82) is 0 Å². The molecule has 1 heterocycles. The Labute approximate surface area is 114 Å². The number of hydrogen-bond acceptors (Lipinski definition) is 3.